The van der Waals surface area contributed by atoms with Gasteiger partial charge in [-0.1, -0.05) is 12.1 Å². The van der Waals surface area contributed by atoms with Crippen LogP contribution in [0, 0.1) is 17.1 Å². The number of nitriles is 1. The number of nitrogens with two attached hydrogens (primary N) is 1. The van der Waals surface area contributed by atoms with Crippen LogP contribution in [0.15, 0.2) is 42.5 Å². The van der Waals surface area contributed by atoms with E-state index in [4.69, 9.17) is 20.7 Å². The summed E-state index contributed by atoms with van der Waals surface area (Å²) in [5.41, 5.74) is 10.2. The minimum absolute atomic E-state index is 0.0612. The van der Waals surface area contributed by atoms with E-state index in [1.165, 1.54) is 12.1 Å². The Hall–Kier alpha value is -4.09. The number of hydrogen-bond acceptors (Lipinski definition) is 5. The zero-order valence-corrected chi connectivity index (χ0v) is 17.6. The van der Waals surface area contributed by atoms with E-state index in [9.17, 15) is 14.0 Å². The minimum Gasteiger partial charge on any atom is -0.378 e. The number of rotatable bonds is 3. The van der Waals surface area contributed by atoms with Crippen LogP contribution in [0.25, 0.3) is 22.5 Å². The van der Waals surface area contributed by atoms with Gasteiger partial charge in [-0.15, -0.1) is 0 Å². The summed E-state index contributed by atoms with van der Waals surface area (Å²) >= 11 is 0. The van der Waals surface area contributed by atoms with Gasteiger partial charge in [0.25, 0.3) is 5.91 Å². The summed E-state index contributed by atoms with van der Waals surface area (Å²) < 4.78 is 19.5. The maximum Gasteiger partial charge on any atom is 0.254 e. The van der Waals surface area contributed by atoms with Gasteiger partial charge in [-0.05, 0) is 41.5 Å². The first-order valence-electron chi connectivity index (χ1n) is 10.5. The summed E-state index contributed by atoms with van der Waals surface area (Å²) in [6, 6.07) is 12.9. The number of ether oxygens (including phenoxy) is 1. The normalized spacial score (nSPS) is 14.4. The number of pyridine rings is 1. The van der Waals surface area contributed by atoms with Gasteiger partial charge in [0, 0.05) is 41.8 Å². The number of halogens is 1. The van der Waals surface area contributed by atoms with E-state index in [-0.39, 0.29) is 11.5 Å². The van der Waals surface area contributed by atoms with Gasteiger partial charge >= 0.3 is 0 Å². The van der Waals surface area contributed by atoms with Gasteiger partial charge in [0.15, 0.2) is 0 Å². The molecule has 0 bridgehead atoms. The molecule has 0 saturated carbocycles. The number of nitrogens with zero attached hydrogens (tertiary/aromatic N) is 3. The molecule has 1 aromatic heterocycles. The monoisotopic (exact) mass is 442 g/mol. The molecule has 1 aliphatic heterocycles. The molecular weight excluding hydrogens is 423 g/mol. The van der Waals surface area contributed by atoms with Gasteiger partial charge in [-0.25, -0.2) is 9.37 Å². The predicted octanol–water partition coefficient (Wildman–Crippen LogP) is 2.90. The maximum atomic E-state index is 14.2. The molecule has 2 amide bonds. The number of amides is 2. The lowest BCUT2D eigenvalue weighted by atomic mass is 10.0. The van der Waals surface area contributed by atoms with Crippen LogP contribution in [0.3, 0.4) is 0 Å². The lowest BCUT2D eigenvalue weighted by Crippen LogP contribution is -2.40. The lowest BCUT2D eigenvalue weighted by molar-refractivity contribution is 0.0303. The minimum atomic E-state index is -0.662. The van der Waals surface area contributed by atoms with Crippen LogP contribution in [0.2, 0.25) is 0 Å². The molecule has 2 N–H and O–H groups in total. The molecule has 1 saturated heterocycles. The Morgan fingerprint density at radius 1 is 1.12 bits per heavy atom. The van der Waals surface area contributed by atoms with Gasteiger partial charge in [0.05, 0.1) is 30.2 Å². The fraction of sp³-hybridized carbons (Fsp3) is 0.200. The first kappa shape index (κ1) is 20.8. The second-order valence-corrected chi connectivity index (χ2v) is 8.01. The summed E-state index contributed by atoms with van der Waals surface area (Å²) in [6.45, 7) is 2.14. The van der Waals surface area contributed by atoms with Crippen LogP contribution in [0.4, 0.5) is 4.39 Å². The average Bonchev–Trinajstić information content (AvgIpc) is 3.21. The molecule has 33 heavy (non-hydrogen) atoms. The Morgan fingerprint density at radius 3 is 2.61 bits per heavy atom. The topological polar surface area (TPSA) is 109 Å². The van der Waals surface area contributed by atoms with Crippen molar-refractivity contribution in [1.29, 1.82) is 5.26 Å². The van der Waals surface area contributed by atoms with Crippen LogP contribution in [0.1, 0.15) is 37.4 Å². The van der Waals surface area contributed by atoms with E-state index in [1.54, 1.807) is 29.2 Å². The molecule has 1 aliphatic carbocycles. The number of primary amides is 1. The molecule has 5 rings (SSSR count). The van der Waals surface area contributed by atoms with Gasteiger partial charge in [0.2, 0.25) is 5.91 Å². The van der Waals surface area contributed by atoms with Crippen molar-refractivity contribution in [2.45, 2.75) is 6.42 Å². The predicted molar refractivity (Wildman–Crippen MR) is 118 cm³/mol. The maximum absolute atomic E-state index is 14.2. The van der Waals surface area contributed by atoms with Crippen molar-refractivity contribution in [1.82, 2.24) is 9.88 Å². The molecule has 1 fully saturated rings. The molecular formula is C25H19FN4O3. The van der Waals surface area contributed by atoms with Crippen LogP contribution in [0.5, 0.6) is 0 Å². The molecule has 0 atom stereocenters. The van der Waals surface area contributed by atoms with Gasteiger partial charge < -0.3 is 15.4 Å². The number of hydrogen-bond donors (Lipinski definition) is 1. The molecule has 7 nitrogen and oxygen atoms in total. The summed E-state index contributed by atoms with van der Waals surface area (Å²) in [5, 5.41) is 8.98. The van der Waals surface area contributed by atoms with E-state index in [0.29, 0.717) is 66.4 Å². The molecule has 0 spiro atoms. The Labute approximate surface area is 189 Å². The first-order chi connectivity index (χ1) is 16.0. The molecule has 2 aromatic carbocycles. The highest BCUT2D eigenvalue weighted by Crippen LogP contribution is 2.39. The van der Waals surface area contributed by atoms with Gasteiger partial charge in [-0.3, -0.25) is 9.59 Å². The molecule has 164 valence electrons. The summed E-state index contributed by atoms with van der Waals surface area (Å²) in [7, 11) is 0. The number of morpholine rings is 1. The molecule has 2 aliphatic rings. The largest absolute Gasteiger partial charge is 0.378 e. The smallest absolute Gasteiger partial charge is 0.254 e. The SMILES string of the molecule is N#Cc1ccc(-c2cc(C(N)=O)c3c(n2)-c2ccc(C(=O)N4CCOCC4)cc2C3)cc1F. The Bertz CT molecular complexity index is 1360. The summed E-state index contributed by atoms with van der Waals surface area (Å²) in [6.07, 6.45) is 0.419. The number of carbonyl (C=O) groups excluding carboxylic acids is 2. The quantitative estimate of drug-likeness (QED) is 0.525. The van der Waals surface area contributed by atoms with Crippen molar-refractivity contribution >= 4 is 11.8 Å². The highest BCUT2D eigenvalue weighted by atomic mass is 19.1. The Kier molecular flexibility index (Phi) is 5.11. The van der Waals surface area contributed by atoms with E-state index < -0.39 is 11.7 Å². The van der Waals surface area contributed by atoms with E-state index in [2.05, 4.69) is 0 Å². The third-order valence-corrected chi connectivity index (χ3v) is 6.05. The van der Waals surface area contributed by atoms with Crippen molar-refractivity contribution in [2.24, 2.45) is 5.73 Å². The molecule has 3 aromatic rings. The zero-order chi connectivity index (χ0) is 23.1. The second kappa shape index (κ2) is 8.11. The number of aromatic nitrogens is 1. The Balaban J connectivity index is 1.56. The fourth-order valence-electron chi connectivity index (χ4n) is 4.35. The summed E-state index contributed by atoms with van der Waals surface area (Å²) in [4.78, 5) is 31.6. The van der Waals surface area contributed by atoms with Crippen LogP contribution in [-0.4, -0.2) is 48.0 Å². The van der Waals surface area contributed by atoms with E-state index >= 15 is 0 Å². The molecule has 2 heterocycles. The van der Waals surface area contributed by atoms with E-state index in [1.807, 2.05) is 12.1 Å². The first-order valence-corrected chi connectivity index (χ1v) is 10.5. The molecule has 0 unspecified atom stereocenters. The fourth-order valence-corrected chi connectivity index (χ4v) is 4.35. The second-order valence-electron chi connectivity index (χ2n) is 8.01. The van der Waals surface area contributed by atoms with Crippen molar-refractivity contribution in [3.05, 3.63) is 76.1 Å². The third kappa shape index (κ3) is 3.62. The third-order valence-electron chi connectivity index (χ3n) is 6.05. The standard InChI is InChI=1S/C25H19FN4O3/c26-21-11-14(1-2-16(21)13-27)22-12-20(24(28)31)19-10-17-9-15(3-4-18(17)23(19)29-22)25(32)30-5-7-33-8-6-30/h1-4,9,11-12H,5-8,10H2,(H2,28,31). The van der Waals surface area contributed by atoms with Crippen LogP contribution < -0.4 is 5.73 Å². The van der Waals surface area contributed by atoms with Gasteiger partial charge in [0.1, 0.15) is 11.9 Å². The average molecular weight is 442 g/mol. The van der Waals surface area contributed by atoms with Crippen molar-refractivity contribution < 1.29 is 18.7 Å². The number of benzene rings is 2. The van der Waals surface area contributed by atoms with Crippen molar-refractivity contribution in [3.8, 4) is 28.6 Å². The lowest BCUT2D eigenvalue weighted by Gasteiger charge is -2.27. The number of fused-ring (bicyclic) bond motifs is 3. The Morgan fingerprint density at radius 2 is 1.91 bits per heavy atom. The number of carbonyl (C=O) groups is 2. The van der Waals surface area contributed by atoms with Crippen molar-refractivity contribution in [3.63, 3.8) is 0 Å². The highest BCUT2D eigenvalue weighted by molar-refractivity contribution is 6.00. The van der Waals surface area contributed by atoms with Gasteiger partial charge in [-0.2, -0.15) is 5.26 Å². The summed E-state index contributed by atoms with van der Waals surface area (Å²) in [5.74, 6) is -1.33. The molecule has 8 heteroatoms. The van der Waals surface area contributed by atoms with Crippen molar-refractivity contribution in [2.75, 3.05) is 26.3 Å². The zero-order valence-electron chi connectivity index (χ0n) is 17.6. The highest BCUT2D eigenvalue weighted by Gasteiger charge is 2.28. The molecule has 0 radical (unpaired) electrons. The van der Waals surface area contributed by atoms with Crippen LogP contribution >= 0.6 is 0 Å². The van der Waals surface area contributed by atoms with E-state index in [0.717, 1.165) is 11.1 Å². The van der Waals surface area contributed by atoms with Crippen LogP contribution in [-0.2, 0) is 11.2 Å².